The highest BCUT2D eigenvalue weighted by atomic mass is 16.1. The minimum absolute atomic E-state index is 0.107. The Labute approximate surface area is 65.3 Å². The molecule has 58 valence electrons. The number of Topliss-reactive ketones (excluding diaryl/α,β-unsaturated/α-hetero) is 1. The van der Waals surface area contributed by atoms with Gasteiger partial charge in [0.15, 0.2) is 0 Å². The van der Waals surface area contributed by atoms with Crippen LogP contribution in [0.1, 0.15) is 19.3 Å². The number of ketones is 1. The van der Waals surface area contributed by atoms with Crippen molar-refractivity contribution in [3.63, 3.8) is 0 Å². The van der Waals surface area contributed by atoms with Crippen LogP contribution in [0.2, 0.25) is 0 Å². The third kappa shape index (κ3) is 2.48. The molecule has 0 amide bonds. The summed E-state index contributed by atoms with van der Waals surface area (Å²) in [7, 11) is 0. The van der Waals surface area contributed by atoms with Crippen LogP contribution in [0.25, 0.3) is 5.53 Å². The molecule has 0 aromatic rings. The third-order valence-electron chi connectivity index (χ3n) is 1.78. The molecule has 0 aliphatic heterocycles. The van der Waals surface area contributed by atoms with Crippen molar-refractivity contribution in [2.75, 3.05) is 0 Å². The molecule has 11 heavy (non-hydrogen) atoms. The Bertz CT molecular complexity index is 226. The van der Waals surface area contributed by atoms with Gasteiger partial charge >= 0.3 is 6.21 Å². The molecule has 0 saturated carbocycles. The van der Waals surface area contributed by atoms with E-state index >= 15 is 0 Å². The first-order valence-electron chi connectivity index (χ1n) is 3.70. The van der Waals surface area contributed by atoms with E-state index in [0.717, 1.165) is 19.1 Å². The summed E-state index contributed by atoms with van der Waals surface area (Å²) in [4.78, 5) is 13.5. The lowest BCUT2D eigenvalue weighted by Crippen LogP contribution is -2.05. The van der Waals surface area contributed by atoms with E-state index in [1.807, 2.05) is 6.08 Å². The van der Waals surface area contributed by atoms with Gasteiger partial charge in [0.2, 0.25) is 5.78 Å². The van der Waals surface area contributed by atoms with Crippen LogP contribution in [0.15, 0.2) is 12.2 Å². The topological polar surface area (TPSA) is 53.5 Å². The number of hydrogen-bond donors (Lipinski definition) is 0. The van der Waals surface area contributed by atoms with E-state index < -0.39 is 0 Å². The van der Waals surface area contributed by atoms with Crippen LogP contribution in [-0.2, 0) is 4.79 Å². The maximum atomic E-state index is 10.9. The highest BCUT2D eigenvalue weighted by Crippen LogP contribution is 2.19. The van der Waals surface area contributed by atoms with Crippen molar-refractivity contribution in [1.29, 1.82) is 0 Å². The number of hydrogen-bond acceptors (Lipinski definition) is 1. The molecule has 3 nitrogen and oxygen atoms in total. The quantitative estimate of drug-likeness (QED) is 0.258. The van der Waals surface area contributed by atoms with E-state index in [9.17, 15) is 4.79 Å². The molecule has 0 aromatic heterocycles. The van der Waals surface area contributed by atoms with E-state index in [1.165, 1.54) is 0 Å². The van der Waals surface area contributed by atoms with Crippen molar-refractivity contribution in [3.8, 4) is 0 Å². The zero-order chi connectivity index (χ0) is 8.10. The summed E-state index contributed by atoms with van der Waals surface area (Å²) >= 11 is 0. The molecule has 3 heteroatoms. The first-order chi connectivity index (χ1) is 5.33. The molecule has 1 aliphatic rings. The molecule has 1 unspecified atom stereocenters. The van der Waals surface area contributed by atoms with Crippen LogP contribution < -0.4 is 0 Å². The molecule has 1 rings (SSSR count). The van der Waals surface area contributed by atoms with Crippen molar-refractivity contribution in [1.82, 2.24) is 0 Å². The van der Waals surface area contributed by atoms with E-state index in [2.05, 4.69) is 10.9 Å². The van der Waals surface area contributed by atoms with E-state index in [4.69, 9.17) is 5.53 Å². The van der Waals surface area contributed by atoms with E-state index in [-0.39, 0.29) is 5.78 Å². The normalized spacial score (nSPS) is 21.3. The van der Waals surface area contributed by atoms with Gasteiger partial charge in [0.05, 0.1) is 0 Å². The van der Waals surface area contributed by atoms with Crippen molar-refractivity contribution < 1.29 is 9.58 Å². The van der Waals surface area contributed by atoms with E-state index in [1.54, 1.807) is 0 Å². The molecular weight excluding hydrogens is 140 g/mol. The maximum absolute atomic E-state index is 10.9. The molecule has 0 bridgehead atoms. The average Bonchev–Trinajstić information content (AvgIpc) is 2.40. The summed E-state index contributed by atoms with van der Waals surface area (Å²) in [6.45, 7) is 0. The Morgan fingerprint density at radius 2 is 2.64 bits per heavy atom. The summed E-state index contributed by atoms with van der Waals surface area (Å²) in [6, 6.07) is 0. The van der Waals surface area contributed by atoms with Gasteiger partial charge < -0.3 is 5.53 Å². The average molecular weight is 150 g/mol. The van der Waals surface area contributed by atoms with Gasteiger partial charge in [-0.25, -0.2) is 0 Å². The fraction of sp³-hybridized carbons (Fsp3) is 0.500. The van der Waals surface area contributed by atoms with Gasteiger partial charge in [-0.3, -0.25) is 4.79 Å². The van der Waals surface area contributed by atoms with Crippen LogP contribution in [0, 0.1) is 5.92 Å². The summed E-state index contributed by atoms with van der Waals surface area (Å²) in [5, 5.41) is 0. The van der Waals surface area contributed by atoms with Gasteiger partial charge in [0, 0.05) is 6.42 Å². The van der Waals surface area contributed by atoms with Gasteiger partial charge in [-0.1, -0.05) is 12.2 Å². The van der Waals surface area contributed by atoms with Gasteiger partial charge in [-0.15, -0.1) is 0 Å². The first-order valence-corrected chi connectivity index (χ1v) is 3.70. The number of rotatable bonds is 3. The Morgan fingerprint density at radius 1 is 1.82 bits per heavy atom. The number of carbonyl (C=O) groups is 1. The second kappa shape index (κ2) is 3.84. The number of nitrogens with zero attached hydrogens (tertiary/aromatic N) is 2. The number of carbonyl (C=O) groups excluding carboxylic acids is 1. The summed E-state index contributed by atoms with van der Waals surface area (Å²) in [5.74, 6) is 0.254. The monoisotopic (exact) mass is 150 g/mol. The molecule has 0 spiro atoms. The third-order valence-corrected chi connectivity index (χ3v) is 1.78. The smallest absolute Gasteiger partial charge is 0.323 e. The van der Waals surface area contributed by atoms with Crippen LogP contribution >= 0.6 is 0 Å². The highest BCUT2D eigenvalue weighted by Gasteiger charge is 2.14. The lowest BCUT2D eigenvalue weighted by Gasteiger charge is -1.99. The molecule has 1 atom stereocenters. The molecule has 0 N–H and O–H groups in total. The lowest BCUT2D eigenvalue weighted by atomic mass is 10.0. The fourth-order valence-electron chi connectivity index (χ4n) is 1.24. The first kappa shape index (κ1) is 7.89. The van der Waals surface area contributed by atoms with E-state index in [0.29, 0.717) is 12.3 Å². The lowest BCUT2D eigenvalue weighted by molar-refractivity contribution is -0.116. The molecule has 0 fully saturated rings. The van der Waals surface area contributed by atoms with Crippen molar-refractivity contribution >= 4 is 12.0 Å². The zero-order valence-electron chi connectivity index (χ0n) is 6.23. The van der Waals surface area contributed by atoms with Gasteiger partial charge in [0.25, 0.3) is 0 Å². The minimum atomic E-state index is -0.107. The van der Waals surface area contributed by atoms with Gasteiger partial charge in [-0.05, 0) is 18.8 Å². The molecule has 0 saturated heterocycles. The SMILES string of the molecule is [N-]=[N+]=CC(=O)CC1C=CCC1. The molecule has 1 aliphatic carbocycles. The predicted octanol–water partition coefficient (Wildman–Crippen LogP) is 1.21. The van der Waals surface area contributed by atoms with Crippen molar-refractivity contribution in [3.05, 3.63) is 17.7 Å². The van der Waals surface area contributed by atoms with Crippen molar-refractivity contribution in [2.45, 2.75) is 19.3 Å². The van der Waals surface area contributed by atoms with Gasteiger partial charge in [-0.2, -0.15) is 4.79 Å². The highest BCUT2D eigenvalue weighted by molar-refractivity contribution is 6.25. The Morgan fingerprint density at radius 3 is 3.18 bits per heavy atom. The van der Waals surface area contributed by atoms with Crippen LogP contribution in [0.3, 0.4) is 0 Å². The number of allylic oxidation sites excluding steroid dienone is 2. The summed E-state index contributed by atoms with van der Waals surface area (Å²) < 4.78 is 0. The second-order valence-corrected chi connectivity index (χ2v) is 2.68. The molecule has 0 heterocycles. The van der Waals surface area contributed by atoms with Gasteiger partial charge in [0.1, 0.15) is 0 Å². The standard InChI is InChI=1S/C8H10N2O/c9-10-6-8(11)5-7-3-1-2-4-7/h1,3,6-7H,2,4-5H2. The Kier molecular flexibility index (Phi) is 2.75. The molecule has 0 aromatic carbocycles. The fourth-order valence-corrected chi connectivity index (χ4v) is 1.24. The molecule has 0 radical (unpaired) electrons. The Balaban J connectivity index is 2.35. The Hall–Kier alpha value is -1.21. The summed E-state index contributed by atoms with van der Waals surface area (Å²) in [5.41, 5.74) is 8.04. The minimum Gasteiger partial charge on any atom is -0.361 e. The zero-order valence-corrected chi connectivity index (χ0v) is 6.23. The second-order valence-electron chi connectivity index (χ2n) is 2.68. The summed E-state index contributed by atoms with van der Waals surface area (Å²) in [6.07, 6.45) is 7.67. The predicted molar refractivity (Wildman–Crippen MR) is 41.2 cm³/mol. The van der Waals surface area contributed by atoms with Crippen LogP contribution in [0.4, 0.5) is 0 Å². The van der Waals surface area contributed by atoms with Crippen LogP contribution in [0.5, 0.6) is 0 Å². The largest absolute Gasteiger partial charge is 0.361 e. The maximum Gasteiger partial charge on any atom is 0.323 e. The molecular formula is C8H10N2O. The van der Waals surface area contributed by atoms with Crippen LogP contribution in [-0.4, -0.2) is 16.8 Å². The van der Waals surface area contributed by atoms with Crippen molar-refractivity contribution in [2.24, 2.45) is 5.92 Å².